The number of benzene rings is 1. The van der Waals surface area contributed by atoms with Crippen LogP contribution in [-0.4, -0.2) is 35.1 Å². The van der Waals surface area contributed by atoms with Gasteiger partial charge in [-0.05, 0) is 30.7 Å². The predicted octanol–water partition coefficient (Wildman–Crippen LogP) is 2.55. The first-order chi connectivity index (χ1) is 9.93. The second-order valence-electron chi connectivity index (χ2n) is 4.55. The summed E-state index contributed by atoms with van der Waals surface area (Å²) in [5.74, 6) is -1.01. The number of carboxylic acids is 1. The van der Waals surface area contributed by atoms with Crippen LogP contribution < -0.4 is 5.32 Å². The van der Waals surface area contributed by atoms with E-state index in [9.17, 15) is 9.59 Å². The van der Waals surface area contributed by atoms with E-state index in [4.69, 9.17) is 10.4 Å². The van der Waals surface area contributed by atoms with Gasteiger partial charge in [-0.1, -0.05) is 12.1 Å². The molecule has 2 amide bonds. The number of rotatable bonds is 5. The minimum absolute atomic E-state index is 0.173. The second-order valence-corrected chi connectivity index (χ2v) is 4.55. The number of urea groups is 1. The molecule has 0 aromatic heterocycles. The second kappa shape index (κ2) is 7.70. The van der Waals surface area contributed by atoms with Crippen LogP contribution in [0, 0.1) is 11.3 Å². The fraction of sp³-hybridized carbons (Fsp3) is 0.267. The third kappa shape index (κ3) is 5.37. The van der Waals surface area contributed by atoms with Gasteiger partial charge in [0.15, 0.2) is 0 Å². The molecular formula is C15H17N3O3. The molecule has 1 unspecified atom stereocenters. The molecule has 2 N–H and O–H groups in total. The molecule has 1 rings (SSSR count). The highest BCUT2D eigenvalue weighted by Gasteiger charge is 2.15. The summed E-state index contributed by atoms with van der Waals surface area (Å²) in [7, 11) is 1.63. The lowest BCUT2D eigenvalue weighted by Gasteiger charge is -2.23. The Morgan fingerprint density at radius 2 is 2.05 bits per heavy atom. The quantitative estimate of drug-likeness (QED) is 0.814. The van der Waals surface area contributed by atoms with Crippen molar-refractivity contribution >= 4 is 23.8 Å². The SMILES string of the molecule is CC(CC#N)N(C)C(=O)Nc1ccc(C=CC(=O)O)cc1. The molecule has 0 saturated carbocycles. The Balaban J connectivity index is 2.65. The summed E-state index contributed by atoms with van der Waals surface area (Å²) >= 11 is 0. The number of aliphatic carboxylic acids is 1. The van der Waals surface area contributed by atoms with Gasteiger partial charge in [-0.25, -0.2) is 9.59 Å². The van der Waals surface area contributed by atoms with Crippen LogP contribution in [-0.2, 0) is 4.79 Å². The Morgan fingerprint density at radius 1 is 1.43 bits per heavy atom. The molecule has 1 atom stereocenters. The molecule has 6 nitrogen and oxygen atoms in total. The van der Waals surface area contributed by atoms with E-state index in [0.717, 1.165) is 11.6 Å². The number of nitriles is 1. The van der Waals surface area contributed by atoms with Gasteiger partial charge in [0.25, 0.3) is 0 Å². The average Bonchev–Trinajstić information content (AvgIpc) is 2.45. The summed E-state index contributed by atoms with van der Waals surface area (Å²) in [6, 6.07) is 8.32. The van der Waals surface area contributed by atoms with Crippen molar-refractivity contribution in [2.24, 2.45) is 0 Å². The fourth-order valence-corrected chi connectivity index (χ4v) is 1.53. The van der Waals surface area contributed by atoms with Crippen molar-refractivity contribution in [2.75, 3.05) is 12.4 Å². The van der Waals surface area contributed by atoms with Crippen LogP contribution in [0.1, 0.15) is 18.9 Å². The molecule has 1 aromatic rings. The third-order valence-corrected chi connectivity index (χ3v) is 2.95. The number of nitrogens with zero attached hydrogens (tertiary/aromatic N) is 2. The topological polar surface area (TPSA) is 93.4 Å². The van der Waals surface area contributed by atoms with Crippen LogP contribution in [0.2, 0.25) is 0 Å². The van der Waals surface area contributed by atoms with Crippen LogP contribution in [0.5, 0.6) is 0 Å². The molecular weight excluding hydrogens is 270 g/mol. The lowest BCUT2D eigenvalue weighted by Crippen LogP contribution is -2.38. The average molecular weight is 287 g/mol. The zero-order valence-corrected chi connectivity index (χ0v) is 11.9. The molecule has 0 heterocycles. The normalized spacial score (nSPS) is 11.7. The van der Waals surface area contributed by atoms with Gasteiger partial charge in [-0.3, -0.25) is 0 Å². The van der Waals surface area contributed by atoms with E-state index in [2.05, 4.69) is 5.32 Å². The third-order valence-electron chi connectivity index (χ3n) is 2.95. The molecule has 0 radical (unpaired) electrons. The van der Waals surface area contributed by atoms with E-state index < -0.39 is 5.97 Å². The van der Waals surface area contributed by atoms with E-state index >= 15 is 0 Å². The maximum Gasteiger partial charge on any atom is 0.328 e. The van der Waals surface area contributed by atoms with Crippen LogP contribution in [0.4, 0.5) is 10.5 Å². The summed E-state index contributed by atoms with van der Waals surface area (Å²) < 4.78 is 0. The number of amides is 2. The molecule has 0 aliphatic heterocycles. The molecule has 0 fully saturated rings. The first kappa shape index (κ1) is 16.2. The summed E-state index contributed by atoms with van der Waals surface area (Å²) in [6.07, 6.45) is 2.78. The van der Waals surface area contributed by atoms with Gasteiger partial charge in [0.2, 0.25) is 0 Å². The van der Waals surface area contributed by atoms with Crippen LogP contribution in [0.3, 0.4) is 0 Å². The fourth-order valence-electron chi connectivity index (χ4n) is 1.53. The first-order valence-electron chi connectivity index (χ1n) is 6.36. The van der Waals surface area contributed by atoms with Crippen molar-refractivity contribution in [1.29, 1.82) is 5.26 Å². The van der Waals surface area contributed by atoms with Crippen molar-refractivity contribution in [1.82, 2.24) is 4.90 Å². The minimum Gasteiger partial charge on any atom is -0.478 e. The van der Waals surface area contributed by atoms with Crippen molar-refractivity contribution in [3.05, 3.63) is 35.9 Å². The first-order valence-corrected chi connectivity index (χ1v) is 6.36. The molecule has 110 valence electrons. The lowest BCUT2D eigenvalue weighted by molar-refractivity contribution is -0.131. The molecule has 0 saturated heterocycles. The number of carboxylic acid groups (broad SMARTS) is 1. The zero-order chi connectivity index (χ0) is 15.8. The standard InChI is InChI=1S/C15H17N3O3/c1-11(9-10-16)18(2)15(21)17-13-6-3-12(4-7-13)5-8-14(19)20/h3-8,11H,9H2,1-2H3,(H,17,21)(H,19,20). The maximum atomic E-state index is 11.9. The van der Waals surface area contributed by atoms with E-state index in [1.54, 1.807) is 38.2 Å². The van der Waals surface area contributed by atoms with Crippen molar-refractivity contribution < 1.29 is 14.7 Å². The molecule has 1 aromatic carbocycles. The highest BCUT2D eigenvalue weighted by molar-refractivity contribution is 5.89. The Kier molecular flexibility index (Phi) is 5.96. The van der Waals surface area contributed by atoms with E-state index in [1.807, 2.05) is 6.07 Å². The lowest BCUT2D eigenvalue weighted by atomic mass is 10.2. The number of nitrogens with one attached hydrogen (secondary N) is 1. The van der Waals surface area contributed by atoms with E-state index in [0.29, 0.717) is 5.69 Å². The number of hydrogen-bond acceptors (Lipinski definition) is 3. The number of carbonyl (C=O) groups is 2. The minimum atomic E-state index is -1.01. The van der Waals surface area contributed by atoms with Gasteiger partial charge in [-0.2, -0.15) is 5.26 Å². The predicted molar refractivity (Wildman–Crippen MR) is 79.6 cm³/mol. The summed E-state index contributed by atoms with van der Waals surface area (Å²) in [6.45, 7) is 1.79. The maximum absolute atomic E-state index is 11.9. The van der Waals surface area contributed by atoms with Gasteiger partial charge in [0.1, 0.15) is 0 Å². The van der Waals surface area contributed by atoms with E-state index in [-0.39, 0.29) is 18.5 Å². The Labute approximate surface area is 123 Å². The molecule has 6 heteroatoms. The Bertz CT molecular complexity index is 573. The van der Waals surface area contributed by atoms with Crippen LogP contribution >= 0.6 is 0 Å². The monoisotopic (exact) mass is 287 g/mol. The molecule has 21 heavy (non-hydrogen) atoms. The molecule has 0 aliphatic carbocycles. The summed E-state index contributed by atoms with van der Waals surface area (Å²) in [5.41, 5.74) is 1.32. The Hall–Kier alpha value is -2.81. The van der Waals surface area contributed by atoms with Gasteiger partial charge < -0.3 is 15.3 Å². The van der Waals surface area contributed by atoms with Gasteiger partial charge >= 0.3 is 12.0 Å². The zero-order valence-electron chi connectivity index (χ0n) is 11.9. The van der Waals surface area contributed by atoms with Crippen molar-refractivity contribution in [2.45, 2.75) is 19.4 Å². The molecule has 0 aliphatic rings. The Morgan fingerprint density at radius 3 is 2.57 bits per heavy atom. The molecule has 0 spiro atoms. The highest BCUT2D eigenvalue weighted by Crippen LogP contribution is 2.12. The van der Waals surface area contributed by atoms with Gasteiger partial charge in [0, 0.05) is 24.9 Å². The number of hydrogen-bond donors (Lipinski definition) is 2. The largest absolute Gasteiger partial charge is 0.478 e. The van der Waals surface area contributed by atoms with Crippen LogP contribution in [0.25, 0.3) is 6.08 Å². The summed E-state index contributed by atoms with van der Waals surface area (Å²) in [4.78, 5) is 23.8. The van der Waals surface area contributed by atoms with E-state index in [1.165, 1.54) is 11.0 Å². The van der Waals surface area contributed by atoms with Gasteiger partial charge in [-0.15, -0.1) is 0 Å². The summed E-state index contributed by atoms with van der Waals surface area (Å²) in [5, 5.41) is 19.9. The number of anilines is 1. The van der Waals surface area contributed by atoms with Crippen LogP contribution in [0.15, 0.2) is 30.3 Å². The van der Waals surface area contributed by atoms with Crippen molar-refractivity contribution in [3.63, 3.8) is 0 Å². The van der Waals surface area contributed by atoms with Gasteiger partial charge in [0.05, 0.1) is 12.5 Å². The smallest absolute Gasteiger partial charge is 0.328 e. The van der Waals surface area contributed by atoms with Crippen molar-refractivity contribution in [3.8, 4) is 6.07 Å². The number of carbonyl (C=O) groups excluding carboxylic acids is 1. The molecule has 0 bridgehead atoms. The highest BCUT2D eigenvalue weighted by atomic mass is 16.4.